The van der Waals surface area contributed by atoms with Crippen molar-refractivity contribution in [1.29, 1.82) is 0 Å². The fraction of sp³-hybridized carbons (Fsp3) is 0.529. The fourth-order valence-corrected chi connectivity index (χ4v) is 2.87. The van der Waals surface area contributed by atoms with Crippen molar-refractivity contribution in [1.82, 2.24) is 0 Å². The van der Waals surface area contributed by atoms with Crippen molar-refractivity contribution in [2.24, 2.45) is 5.92 Å². The monoisotopic (exact) mass is 274 g/mol. The first-order valence-corrected chi connectivity index (χ1v) is 7.32. The number of methoxy groups -OCH3 is 1. The Morgan fingerprint density at radius 2 is 2.20 bits per heavy atom. The van der Waals surface area contributed by atoms with Crippen LogP contribution in [0.4, 0.5) is 0 Å². The molecule has 0 bridgehead atoms. The van der Waals surface area contributed by atoms with Gasteiger partial charge in [0.25, 0.3) is 0 Å². The van der Waals surface area contributed by atoms with Gasteiger partial charge in [0.05, 0.1) is 0 Å². The minimum absolute atomic E-state index is 0.0688. The molecular weight excluding hydrogens is 252 g/mol. The molecule has 3 nitrogen and oxygen atoms in total. The van der Waals surface area contributed by atoms with Crippen molar-refractivity contribution in [2.75, 3.05) is 13.7 Å². The molecule has 1 aromatic carbocycles. The maximum absolute atomic E-state index is 12.3. The Morgan fingerprint density at radius 3 is 2.90 bits per heavy atom. The second-order valence-corrected chi connectivity index (χ2v) is 5.55. The van der Waals surface area contributed by atoms with Crippen LogP contribution in [0.25, 0.3) is 0 Å². The normalized spacial score (nSPS) is 17.3. The van der Waals surface area contributed by atoms with E-state index in [1.807, 2.05) is 18.2 Å². The third-order valence-electron chi connectivity index (χ3n) is 3.88. The van der Waals surface area contributed by atoms with Crippen LogP contribution in [-0.2, 0) is 22.4 Å². The smallest absolute Gasteiger partial charge is 0.166 e. The molecule has 0 radical (unpaired) electrons. The van der Waals surface area contributed by atoms with E-state index in [2.05, 4.69) is 6.92 Å². The Labute approximate surface area is 120 Å². The van der Waals surface area contributed by atoms with Crippen molar-refractivity contribution < 1.29 is 14.3 Å². The first-order valence-electron chi connectivity index (χ1n) is 7.32. The van der Waals surface area contributed by atoms with Gasteiger partial charge in [-0.05, 0) is 24.0 Å². The lowest BCUT2D eigenvalue weighted by Gasteiger charge is -2.05. The molecule has 0 heterocycles. The molecule has 20 heavy (non-hydrogen) atoms. The van der Waals surface area contributed by atoms with Gasteiger partial charge in [0.2, 0.25) is 0 Å². The quantitative estimate of drug-likeness (QED) is 0.767. The minimum atomic E-state index is 0.0688. The Bertz CT molecular complexity index is 505. The van der Waals surface area contributed by atoms with Crippen LogP contribution in [0, 0.1) is 5.92 Å². The van der Waals surface area contributed by atoms with Crippen LogP contribution >= 0.6 is 0 Å². The first kappa shape index (κ1) is 14.9. The van der Waals surface area contributed by atoms with Crippen molar-refractivity contribution in [3.63, 3.8) is 0 Å². The zero-order valence-electron chi connectivity index (χ0n) is 12.3. The van der Waals surface area contributed by atoms with Gasteiger partial charge >= 0.3 is 0 Å². The van der Waals surface area contributed by atoms with Crippen molar-refractivity contribution in [3.05, 3.63) is 34.9 Å². The summed E-state index contributed by atoms with van der Waals surface area (Å²) < 4.78 is 4.84. The first-order chi connectivity index (χ1) is 9.65. The van der Waals surface area contributed by atoms with Crippen LogP contribution in [0.15, 0.2) is 18.2 Å². The Balaban J connectivity index is 2.07. The Morgan fingerprint density at radius 1 is 1.40 bits per heavy atom. The Hall–Kier alpha value is -1.48. The molecule has 0 N–H and O–H groups in total. The maximum atomic E-state index is 12.3. The fourth-order valence-electron chi connectivity index (χ4n) is 2.87. The van der Waals surface area contributed by atoms with Crippen LogP contribution < -0.4 is 0 Å². The molecule has 0 fully saturated rings. The number of rotatable bonds is 7. The number of carbonyl (C=O) groups excluding carboxylic acids is 2. The number of Topliss-reactive ketones (excluding diaryl/α,β-unsaturated/α-hetero) is 2. The van der Waals surface area contributed by atoms with Crippen molar-refractivity contribution >= 4 is 11.6 Å². The maximum Gasteiger partial charge on any atom is 0.166 e. The number of unbranched alkanes of at least 4 members (excludes halogenated alkanes) is 1. The molecule has 0 saturated heterocycles. The zero-order valence-corrected chi connectivity index (χ0v) is 12.3. The third-order valence-corrected chi connectivity index (χ3v) is 3.88. The summed E-state index contributed by atoms with van der Waals surface area (Å²) in [6.45, 7) is 2.29. The van der Waals surface area contributed by atoms with E-state index in [0.717, 1.165) is 42.4 Å². The van der Waals surface area contributed by atoms with Crippen LogP contribution in [0.3, 0.4) is 0 Å². The highest BCUT2D eigenvalue weighted by Crippen LogP contribution is 2.30. The summed E-state index contributed by atoms with van der Waals surface area (Å²) in [6, 6.07) is 5.80. The zero-order chi connectivity index (χ0) is 14.5. The molecule has 3 heteroatoms. The highest BCUT2D eigenvalue weighted by Gasteiger charge is 2.29. The molecule has 0 amide bonds. The second-order valence-electron chi connectivity index (χ2n) is 5.55. The molecule has 0 spiro atoms. The van der Waals surface area contributed by atoms with Gasteiger partial charge in [0, 0.05) is 25.0 Å². The summed E-state index contributed by atoms with van der Waals surface area (Å²) in [5, 5.41) is 0. The lowest BCUT2D eigenvalue weighted by molar-refractivity contribution is -0.121. The summed E-state index contributed by atoms with van der Waals surface area (Å²) >= 11 is 0. The van der Waals surface area contributed by atoms with E-state index in [-0.39, 0.29) is 24.1 Å². The number of ether oxygens (including phenoxy) is 1. The van der Waals surface area contributed by atoms with E-state index in [0.29, 0.717) is 6.42 Å². The molecule has 108 valence electrons. The molecule has 1 unspecified atom stereocenters. The van der Waals surface area contributed by atoms with Gasteiger partial charge in [0.15, 0.2) is 11.6 Å². The molecule has 0 saturated carbocycles. The van der Waals surface area contributed by atoms with E-state index in [1.54, 1.807) is 0 Å². The summed E-state index contributed by atoms with van der Waals surface area (Å²) in [4.78, 5) is 23.8. The average Bonchev–Trinajstić information content (AvgIpc) is 2.73. The molecule has 1 atom stereocenters. The number of hydrogen-bond acceptors (Lipinski definition) is 3. The van der Waals surface area contributed by atoms with E-state index in [9.17, 15) is 9.59 Å². The summed E-state index contributed by atoms with van der Waals surface area (Å²) in [6.07, 6.45) is 4.41. The van der Waals surface area contributed by atoms with Gasteiger partial charge in [-0.3, -0.25) is 9.59 Å². The van der Waals surface area contributed by atoms with Crippen LogP contribution in [0.5, 0.6) is 0 Å². The predicted molar refractivity (Wildman–Crippen MR) is 78.1 cm³/mol. The standard InChI is InChI=1S/C17H22O3/c1-3-4-5-13-10-14-8-12(9-15(18)11-20-2)6-7-16(14)17(13)19/h6-8,13H,3-5,9-11H2,1-2H3. The van der Waals surface area contributed by atoms with Gasteiger partial charge in [-0.1, -0.05) is 38.0 Å². The highest BCUT2D eigenvalue weighted by atomic mass is 16.5. The van der Waals surface area contributed by atoms with E-state index < -0.39 is 0 Å². The molecule has 2 rings (SSSR count). The Kier molecular flexibility index (Phi) is 5.07. The van der Waals surface area contributed by atoms with Gasteiger partial charge < -0.3 is 4.74 Å². The van der Waals surface area contributed by atoms with E-state index in [1.165, 1.54) is 7.11 Å². The average molecular weight is 274 g/mol. The van der Waals surface area contributed by atoms with Gasteiger partial charge in [-0.2, -0.15) is 0 Å². The third kappa shape index (κ3) is 3.34. The van der Waals surface area contributed by atoms with E-state index in [4.69, 9.17) is 4.74 Å². The lowest BCUT2D eigenvalue weighted by Crippen LogP contribution is -2.10. The molecule has 0 aliphatic heterocycles. The van der Waals surface area contributed by atoms with Crippen molar-refractivity contribution in [3.8, 4) is 0 Å². The number of fused-ring (bicyclic) bond motifs is 1. The summed E-state index contributed by atoms with van der Waals surface area (Å²) in [5.74, 6) is 0.498. The molecular formula is C17H22O3. The molecule has 1 aliphatic carbocycles. The molecule has 1 aromatic rings. The molecule has 0 aromatic heterocycles. The summed E-state index contributed by atoms with van der Waals surface area (Å²) in [5.41, 5.74) is 2.95. The van der Waals surface area contributed by atoms with Gasteiger partial charge in [-0.25, -0.2) is 0 Å². The SMILES string of the molecule is CCCCC1Cc2cc(CC(=O)COC)ccc2C1=O. The lowest BCUT2D eigenvalue weighted by atomic mass is 9.98. The highest BCUT2D eigenvalue weighted by molar-refractivity contribution is 6.02. The van der Waals surface area contributed by atoms with Crippen LogP contribution in [0.2, 0.25) is 0 Å². The van der Waals surface area contributed by atoms with Crippen LogP contribution in [-0.4, -0.2) is 25.3 Å². The minimum Gasteiger partial charge on any atom is -0.377 e. The number of hydrogen-bond donors (Lipinski definition) is 0. The number of benzene rings is 1. The number of carbonyl (C=O) groups is 2. The topological polar surface area (TPSA) is 43.4 Å². The summed E-state index contributed by atoms with van der Waals surface area (Å²) in [7, 11) is 1.53. The predicted octanol–water partition coefficient (Wildman–Crippen LogP) is 2.99. The second kappa shape index (κ2) is 6.80. The van der Waals surface area contributed by atoms with Crippen molar-refractivity contribution in [2.45, 2.75) is 39.0 Å². The molecule has 1 aliphatic rings. The number of ketones is 2. The van der Waals surface area contributed by atoms with Crippen LogP contribution in [0.1, 0.15) is 47.7 Å². The largest absolute Gasteiger partial charge is 0.377 e. The van der Waals surface area contributed by atoms with Gasteiger partial charge in [-0.15, -0.1) is 0 Å². The van der Waals surface area contributed by atoms with E-state index >= 15 is 0 Å². The van der Waals surface area contributed by atoms with Gasteiger partial charge in [0.1, 0.15) is 6.61 Å².